The van der Waals surface area contributed by atoms with Crippen LogP contribution in [0.15, 0.2) is 66.7 Å². The van der Waals surface area contributed by atoms with Gasteiger partial charge in [0, 0.05) is 0 Å². The fourth-order valence-corrected chi connectivity index (χ4v) is 3.04. The summed E-state index contributed by atoms with van der Waals surface area (Å²) in [5.74, 6) is -3.64. The van der Waals surface area contributed by atoms with Gasteiger partial charge in [0.05, 0.1) is 16.7 Å². The normalized spacial score (nSPS) is 10.4. The van der Waals surface area contributed by atoms with Crippen LogP contribution >= 0.6 is 0 Å². The van der Waals surface area contributed by atoms with Crippen molar-refractivity contribution >= 4 is 17.9 Å². The molecule has 3 rings (SSSR count). The Hall–Kier alpha value is -3.93. The number of carbonyl (C=O) groups is 3. The van der Waals surface area contributed by atoms with Crippen LogP contribution in [0.5, 0.6) is 0 Å². The lowest BCUT2D eigenvalue weighted by molar-refractivity contribution is 0.0684. The smallest absolute Gasteiger partial charge is 0.336 e. The molecule has 0 radical (unpaired) electrons. The predicted molar refractivity (Wildman–Crippen MR) is 98.2 cm³/mol. The molecule has 0 saturated carbocycles. The fourth-order valence-electron chi connectivity index (χ4n) is 3.04. The maximum Gasteiger partial charge on any atom is 0.336 e. The summed E-state index contributed by atoms with van der Waals surface area (Å²) < 4.78 is 0. The van der Waals surface area contributed by atoms with Gasteiger partial charge in [0.1, 0.15) is 0 Å². The summed E-state index contributed by atoms with van der Waals surface area (Å²) in [6, 6.07) is 16.8. The molecule has 3 N–H and O–H groups in total. The van der Waals surface area contributed by atoms with E-state index in [4.69, 9.17) is 0 Å². The number of hydrogen-bond acceptors (Lipinski definition) is 3. The maximum atomic E-state index is 12.1. The van der Waals surface area contributed by atoms with E-state index in [-0.39, 0.29) is 38.9 Å². The van der Waals surface area contributed by atoms with Crippen molar-refractivity contribution in [3.8, 4) is 22.3 Å². The van der Waals surface area contributed by atoms with Crippen molar-refractivity contribution < 1.29 is 29.7 Å². The van der Waals surface area contributed by atoms with Crippen LogP contribution in [0.4, 0.5) is 0 Å². The summed E-state index contributed by atoms with van der Waals surface area (Å²) in [6.45, 7) is 0. The highest BCUT2D eigenvalue weighted by Gasteiger charge is 2.23. The Bertz CT molecular complexity index is 992. The molecule has 0 bridgehead atoms. The van der Waals surface area contributed by atoms with Gasteiger partial charge in [-0.2, -0.15) is 0 Å². The summed E-state index contributed by atoms with van der Waals surface area (Å²) in [5.41, 5.74) is 0.678. The third kappa shape index (κ3) is 3.28. The Morgan fingerprint density at radius 2 is 0.852 bits per heavy atom. The van der Waals surface area contributed by atoms with E-state index in [1.807, 2.05) is 0 Å². The van der Waals surface area contributed by atoms with Crippen LogP contribution in [0.2, 0.25) is 0 Å². The van der Waals surface area contributed by atoms with E-state index in [0.717, 1.165) is 0 Å². The van der Waals surface area contributed by atoms with Crippen molar-refractivity contribution in [2.24, 2.45) is 0 Å². The standard InChI is InChI=1S/C21H14O6/c22-19(23)16-8-3-1-6-12(16)14-10-5-11-15(18(14)21(26)27)13-7-2-4-9-17(13)20(24)25/h1-11H,(H,22,23)(H,24,25)(H,26,27). The molecule has 0 atom stereocenters. The Morgan fingerprint density at radius 1 is 0.481 bits per heavy atom. The molecule has 3 aromatic rings. The lowest BCUT2D eigenvalue weighted by Crippen LogP contribution is -2.07. The number of hydrogen-bond donors (Lipinski definition) is 3. The summed E-state index contributed by atoms with van der Waals surface area (Å²) in [5, 5.41) is 28.7. The summed E-state index contributed by atoms with van der Waals surface area (Å²) in [6.07, 6.45) is 0. The molecule has 0 aliphatic heterocycles. The average molecular weight is 362 g/mol. The summed E-state index contributed by atoms with van der Waals surface area (Å²) >= 11 is 0. The van der Waals surface area contributed by atoms with Crippen LogP contribution in [-0.2, 0) is 0 Å². The molecule has 0 aromatic heterocycles. The van der Waals surface area contributed by atoms with Crippen LogP contribution in [0.25, 0.3) is 22.3 Å². The second-order valence-corrected chi connectivity index (χ2v) is 5.73. The van der Waals surface area contributed by atoms with Gasteiger partial charge in [0.25, 0.3) is 0 Å². The highest BCUT2D eigenvalue weighted by Crippen LogP contribution is 2.35. The molecule has 0 amide bonds. The zero-order valence-electron chi connectivity index (χ0n) is 13.9. The second-order valence-electron chi connectivity index (χ2n) is 5.73. The first-order chi connectivity index (χ1) is 12.9. The minimum absolute atomic E-state index is 0.0383. The molecule has 6 heteroatoms. The van der Waals surface area contributed by atoms with Crippen LogP contribution in [0.3, 0.4) is 0 Å². The van der Waals surface area contributed by atoms with Crippen molar-refractivity contribution in [3.05, 3.63) is 83.4 Å². The molecule has 3 aromatic carbocycles. The van der Waals surface area contributed by atoms with E-state index in [0.29, 0.717) is 0 Å². The van der Waals surface area contributed by atoms with Gasteiger partial charge in [-0.05, 0) is 34.4 Å². The molecule has 134 valence electrons. The fraction of sp³-hybridized carbons (Fsp3) is 0. The number of aromatic carboxylic acids is 3. The van der Waals surface area contributed by atoms with E-state index in [9.17, 15) is 29.7 Å². The predicted octanol–water partition coefficient (Wildman–Crippen LogP) is 4.12. The average Bonchev–Trinajstić information content (AvgIpc) is 2.67. The largest absolute Gasteiger partial charge is 0.478 e. The minimum Gasteiger partial charge on any atom is -0.478 e. The second kappa shape index (κ2) is 7.13. The van der Waals surface area contributed by atoms with Crippen molar-refractivity contribution in [3.63, 3.8) is 0 Å². The van der Waals surface area contributed by atoms with Crippen LogP contribution in [0.1, 0.15) is 31.1 Å². The molecule has 0 heterocycles. The zero-order chi connectivity index (χ0) is 19.6. The Morgan fingerprint density at radius 3 is 1.22 bits per heavy atom. The highest BCUT2D eigenvalue weighted by molar-refractivity contribution is 6.08. The highest BCUT2D eigenvalue weighted by atomic mass is 16.4. The van der Waals surface area contributed by atoms with Gasteiger partial charge < -0.3 is 15.3 Å². The third-order valence-corrected chi connectivity index (χ3v) is 4.17. The van der Waals surface area contributed by atoms with Crippen LogP contribution < -0.4 is 0 Å². The molecule has 0 fully saturated rings. The maximum absolute atomic E-state index is 12.1. The summed E-state index contributed by atoms with van der Waals surface area (Å²) in [4.78, 5) is 35.2. The van der Waals surface area contributed by atoms with Gasteiger partial charge in [-0.15, -0.1) is 0 Å². The number of carboxylic acids is 3. The molecule has 6 nitrogen and oxygen atoms in total. The van der Waals surface area contributed by atoms with E-state index >= 15 is 0 Å². The molecule has 0 unspecified atom stereocenters. The van der Waals surface area contributed by atoms with Crippen molar-refractivity contribution in [2.75, 3.05) is 0 Å². The monoisotopic (exact) mass is 362 g/mol. The topological polar surface area (TPSA) is 112 Å². The number of benzene rings is 3. The first kappa shape index (κ1) is 17.9. The SMILES string of the molecule is O=C(O)c1ccccc1-c1cccc(-c2ccccc2C(=O)O)c1C(=O)O. The van der Waals surface area contributed by atoms with Gasteiger partial charge >= 0.3 is 17.9 Å². The van der Waals surface area contributed by atoms with Gasteiger partial charge in [0.2, 0.25) is 0 Å². The Balaban J connectivity index is 2.36. The lowest BCUT2D eigenvalue weighted by atomic mass is 9.88. The van der Waals surface area contributed by atoms with Crippen molar-refractivity contribution in [1.82, 2.24) is 0 Å². The number of carboxylic acid groups (broad SMARTS) is 3. The Labute approximate surface area is 154 Å². The quantitative estimate of drug-likeness (QED) is 0.629. The molecular formula is C21H14O6. The molecule has 0 aliphatic carbocycles. The van der Waals surface area contributed by atoms with Crippen LogP contribution in [0, 0.1) is 0 Å². The molecule has 0 aliphatic rings. The molecule has 27 heavy (non-hydrogen) atoms. The summed E-state index contributed by atoms with van der Waals surface area (Å²) in [7, 11) is 0. The van der Waals surface area contributed by atoms with Gasteiger partial charge in [-0.1, -0.05) is 54.6 Å². The molecule has 0 saturated heterocycles. The molecule has 0 spiro atoms. The molecular weight excluding hydrogens is 348 g/mol. The van der Waals surface area contributed by atoms with E-state index < -0.39 is 17.9 Å². The Kier molecular flexibility index (Phi) is 4.72. The zero-order valence-corrected chi connectivity index (χ0v) is 13.9. The van der Waals surface area contributed by atoms with Gasteiger partial charge in [0.15, 0.2) is 0 Å². The lowest BCUT2D eigenvalue weighted by Gasteiger charge is -2.15. The number of rotatable bonds is 5. The van der Waals surface area contributed by atoms with E-state index in [1.165, 1.54) is 36.4 Å². The van der Waals surface area contributed by atoms with Crippen LogP contribution in [-0.4, -0.2) is 33.2 Å². The van der Waals surface area contributed by atoms with Gasteiger partial charge in [-0.3, -0.25) is 0 Å². The first-order valence-corrected chi connectivity index (χ1v) is 7.93. The van der Waals surface area contributed by atoms with Crippen molar-refractivity contribution in [2.45, 2.75) is 0 Å². The van der Waals surface area contributed by atoms with Gasteiger partial charge in [-0.25, -0.2) is 14.4 Å². The van der Waals surface area contributed by atoms with E-state index in [1.54, 1.807) is 30.3 Å². The van der Waals surface area contributed by atoms with E-state index in [2.05, 4.69) is 0 Å². The minimum atomic E-state index is -1.28. The first-order valence-electron chi connectivity index (χ1n) is 7.93. The van der Waals surface area contributed by atoms with Crippen molar-refractivity contribution in [1.29, 1.82) is 0 Å². The third-order valence-electron chi connectivity index (χ3n) is 4.17.